The maximum atomic E-state index is 11.4. The Balaban J connectivity index is 2.56. The van der Waals surface area contributed by atoms with Gasteiger partial charge in [-0.2, -0.15) is 0 Å². The molecule has 78 valence electrons. The Labute approximate surface area is 82.1 Å². The number of aliphatic hydroxyl groups is 1. The molecule has 1 amide bonds. The van der Waals surface area contributed by atoms with E-state index in [2.05, 4.69) is 10.3 Å². The fourth-order valence-corrected chi connectivity index (χ4v) is 1.10. The average Bonchev–Trinajstić information content (AvgIpc) is 2.45. The van der Waals surface area contributed by atoms with Crippen LogP contribution < -0.4 is 5.32 Å². The third kappa shape index (κ3) is 2.56. The number of oxazole rings is 1. The summed E-state index contributed by atoms with van der Waals surface area (Å²) in [6.07, 6.45) is 0.540. The van der Waals surface area contributed by atoms with Crippen LogP contribution in [0.1, 0.15) is 28.6 Å². The molecule has 0 radical (unpaired) electrons. The van der Waals surface area contributed by atoms with Crippen LogP contribution in [-0.4, -0.2) is 29.1 Å². The lowest BCUT2D eigenvalue weighted by Crippen LogP contribution is -2.25. The van der Waals surface area contributed by atoms with Gasteiger partial charge in [0.1, 0.15) is 0 Å². The highest BCUT2D eigenvalue weighted by molar-refractivity contribution is 5.92. The SMILES string of the molecule is Cc1nc(C)c(C(=O)NCCCO)o1. The zero-order valence-corrected chi connectivity index (χ0v) is 8.33. The maximum Gasteiger partial charge on any atom is 0.289 e. The number of carbonyl (C=O) groups is 1. The first-order valence-electron chi connectivity index (χ1n) is 4.48. The first kappa shape index (κ1) is 10.7. The van der Waals surface area contributed by atoms with Crippen molar-refractivity contribution in [1.29, 1.82) is 0 Å². The number of carbonyl (C=O) groups excluding carboxylic acids is 1. The zero-order chi connectivity index (χ0) is 10.6. The summed E-state index contributed by atoms with van der Waals surface area (Å²) < 4.78 is 5.12. The van der Waals surface area contributed by atoms with E-state index in [1.807, 2.05) is 0 Å². The van der Waals surface area contributed by atoms with Crippen LogP contribution in [0.15, 0.2) is 4.42 Å². The summed E-state index contributed by atoms with van der Waals surface area (Å²) >= 11 is 0. The summed E-state index contributed by atoms with van der Waals surface area (Å²) in [4.78, 5) is 15.4. The van der Waals surface area contributed by atoms with Crippen molar-refractivity contribution in [2.45, 2.75) is 20.3 Å². The van der Waals surface area contributed by atoms with Gasteiger partial charge < -0.3 is 14.8 Å². The van der Waals surface area contributed by atoms with E-state index in [-0.39, 0.29) is 18.3 Å². The van der Waals surface area contributed by atoms with Crippen molar-refractivity contribution in [1.82, 2.24) is 10.3 Å². The molecule has 0 saturated carbocycles. The number of hydrogen-bond acceptors (Lipinski definition) is 4. The Kier molecular flexibility index (Phi) is 3.64. The van der Waals surface area contributed by atoms with Crippen LogP contribution in [0.3, 0.4) is 0 Å². The molecule has 0 atom stereocenters. The highest BCUT2D eigenvalue weighted by atomic mass is 16.4. The van der Waals surface area contributed by atoms with Crippen LogP contribution in [0.25, 0.3) is 0 Å². The van der Waals surface area contributed by atoms with Crippen LogP contribution in [0.5, 0.6) is 0 Å². The predicted molar refractivity (Wildman–Crippen MR) is 50.0 cm³/mol. The molecule has 0 aliphatic rings. The second kappa shape index (κ2) is 4.76. The van der Waals surface area contributed by atoms with Crippen molar-refractivity contribution in [2.75, 3.05) is 13.2 Å². The van der Waals surface area contributed by atoms with Gasteiger partial charge in [-0.15, -0.1) is 0 Å². The zero-order valence-electron chi connectivity index (χ0n) is 8.33. The summed E-state index contributed by atoms with van der Waals surface area (Å²) in [5.74, 6) is 0.451. The first-order chi connectivity index (χ1) is 6.65. The Morgan fingerprint density at radius 1 is 1.57 bits per heavy atom. The van der Waals surface area contributed by atoms with Gasteiger partial charge in [0.25, 0.3) is 5.91 Å². The predicted octanol–water partition coefficient (Wildman–Crippen LogP) is 0.404. The number of aliphatic hydroxyl groups excluding tert-OH is 1. The van der Waals surface area contributed by atoms with E-state index in [0.29, 0.717) is 24.6 Å². The molecular weight excluding hydrogens is 184 g/mol. The highest BCUT2D eigenvalue weighted by Crippen LogP contribution is 2.08. The second-order valence-electron chi connectivity index (χ2n) is 2.98. The van der Waals surface area contributed by atoms with E-state index in [4.69, 9.17) is 9.52 Å². The molecule has 0 saturated heterocycles. The fraction of sp³-hybridized carbons (Fsp3) is 0.556. The molecule has 1 aromatic heterocycles. The van der Waals surface area contributed by atoms with Gasteiger partial charge in [0.05, 0.1) is 5.69 Å². The van der Waals surface area contributed by atoms with Gasteiger partial charge in [0.2, 0.25) is 5.76 Å². The fourth-order valence-electron chi connectivity index (χ4n) is 1.10. The molecule has 1 rings (SSSR count). The number of nitrogens with one attached hydrogen (secondary N) is 1. The van der Waals surface area contributed by atoms with E-state index in [0.717, 1.165) is 0 Å². The molecule has 0 spiro atoms. The Bertz CT molecular complexity index is 320. The summed E-state index contributed by atoms with van der Waals surface area (Å²) in [5, 5.41) is 11.1. The minimum absolute atomic E-state index is 0.0642. The quantitative estimate of drug-likeness (QED) is 0.687. The normalized spacial score (nSPS) is 10.2. The van der Waals surface area contributed by atoms with E-state index in [9.17, 15) is 4.79 Å². The first-order valence-corrected chi connectivity index (χ1v) is 4.48. The molecule has 0 aromatic carbocycles. The van der Waals surface area contributed by atoms with Gasteiger partial charge in [-0.3, -0.25) is 4.79 Å². The van der Waals surface area contributed by atoms with Gasteiger partial charge in [-0.05, 0) is 13.3 Å². The van der Waals surface area contributed by atoms with Gasteiger partial charge in [-0.25, -0.2) is 4.98 Å². The second-order valence-corrected chi connectivity index (χ2v) is 2.98. The molecule has 5 heteroatoms. The van der Waals surface area contributed by atoms with Crippen LogP contribution in [0.2, 0.25) is 0 Å². The lowest BCUT2D eigenvalue weighted by molar-refractivity contribution is 0.0921. The van der Waals surface area contributed by atoms with Crippen molar-refractivity contribution in [3.05, 3.63) is 17.3 Å². The number of rotatable bonds is 4. The molecule has 1 aromatic rings. The molecule has 5 nitrogen and oxygen atoms in total. The summed E-state index contributed by atoms with van der Waals surface area (Å²) in [6, 6.07) is 0. The van der Waals surface area contributed by atoms with Crippen LogP contribution in [-0.2, 0) is 0 Å². The summed E-state index contributed by atoms with van der Waals surface area (Å²) in [6.45, 7) is 3.91. The minimum atomic E-state index is -0.281. The minimum Gasteiger partial charge on any atom is -0.436 e. The molecular formula is C9H14N2O3. The van der Waals surface area contributed by atoms with Crippen molar-refractivity contribution in [2.24, 2.45) is 0 Å². The van der Waals surface area contributed by atoms with E-state index in [1.54, 1.807) is 13.8 Å². The molecule has 14 heavy (non-hydrogen) atoms. The van der Waals surface area contributed by atoms with Crippen LogP contribution >= 0.6 is 0 Å². The lowest BCUT2D eigenvalue weighted by Gasteiger charge is -2.00. The van der Waals surface area contributed by atoms with Gasteiger partial charge >= 0.3 is 0 Å². The van der Waals surface area contributed by atoms with E-state index < -0.39 is 0 Å². The van der Waals surface area contributed by atoms with Crippen molar-refractivity contribution < 1.29 is 14.3 Å². The molecule has 1 heterocycles. The molecule has 0 bridgehead atoms. The lowest BCUT2D eigenvalue weighted by atomic mass is 10.3. The van der Waals surface area contributed by atoms with Gasteiger partial charge in [-0.1, -0.05) is 0 Å². The number of aryl methyl sites for hydroxylation is 2. The summed E-state index contributed by atoms with van der Waals surface area (Å²) in [7, 11) is 0. The van der Waals surface area contributed by atoms with Gasteiger partial charge in [0, 0.05) is 20.1 Å². The monoisotopic (exact) mass is 198 g/mol. The standard InChI is InChI=1S/C9H14N2O3/c1-6-8(14-7(2)11-6)9(13)10-4-3-5-12/h12H,3-5H2,1-2H3,(H,10,13). The number of hydrogen-bond donors (Lipinski definition) is 2. The smallest absolute Gasteiger partial charge is 0.289 e. The number of nitrogens with zero attached hydrogens (tertiary/aromatic N) is 1. The maximum absolute atomic E-state index is 11.4. The molecule has 0 fully saturated rings. The van der Waals surface area contributed by atoms with Crippen molar-refractivity contribution in [3.8, 4) is 0 Å². The molecule has 0 aliphatic carbocycles. The number of amides is 1. The summed E-state index contributed by atoms with van der Waals surface area (Å²) in [5.41, 5.74) is 0.587. The largest absolute Gasteiger partial charge is 0.436 e. The Morgan fingerprint density at radius 2 is 2.29 bits per heavy atom. The third-order valence-electron chi connectivity index (χ3n) is 1.73. The number of aromatic nitrogens is 1. The van der Waals surface area contributed by atoms with E-state index in [1.165, 1.54) is 0 Å². The van der Waals surface area contributed by atoms with Crippen molar-refractivity contribution in [3.63, 3.8) is 0 Å². The van der Waals surface area contributed by atoms with Crippen LogP contribution in [0.4, 0.5) is 0 Å². The third-order valence-corrected chi connectivity index (χ3v) is 1.73. The van der Waals surface area contributed by atoms with Crippen LogP contribution in [0, 0.1) is 13.8 Å². The van der Waals surface area contributed by atoms with Gasteiger partial charge in [0.15, 0.2) is 5.89 Å². The average molecular weight is 198 g/mol. The highest BCUT2D eigenvalue weighted by Gasteiger charge is 2.14. The Hall–Kier alpha value is -1.36. The van der Waals surface area contributed by atoms with E-state index >= 15 is 0 Å². The molecule has 2 N–H and O–H groups in total. The van der Waals surface area contributed by atoms with Crippen molar-refractivity contribution >= 4 is 5.91 Å². The topological polar surface area (TPSA) is 75.4 Å². The Morgan fingerprint density at radius 3 is 2.79 bits per heavy atom. The molecule has 0 aliphatic heterocycles. The molecule has 0 unspecified atom stereocenters.